The number of rotatable bonds is 6. The lowest BCUT2D eigenvalue weighted by molar-refractivity contribution is 0.127. The van der Waals surface area contributed by atoms with Crippen LogP contribution in [0, 0.1) is 12.3 Å². The molecular weight excluding hydrogens is 216 g/mol. The van der Waals surface area contributed by atoms with Crippen LogP contribution in [0.5, 0.6) is 0 Å². The average Bonchev–Trinajstić information content (AvgIpc) is 2.30. The molecule has 0 unspecified atom stereocenters. The van der Waals surface area contributed by atoms with Crippen molar-refractivity contribution in [3.05, 3.63) is 11.8 Å². The molecule has 96 valence electrons. The largest absolute Gasteiger partial charge is 0.396 e. The predicted molar refractivity (Wildman–Crippen MR) is 69.8 cm³/mol. The molecule has 0 radical (unpaired) electrons. The summed E-state index contributed by atoms with van der Waals surface area (Å²) in [6.07, 6.45) is 1.85. The minimum Gasteiger partial charge on any atom is -0.396 e. The molecule has 0 saturated carbocycles. The first-order valence-electron chi connectivity index (χ1n) is 6.01. The van der Waals surface area contributed by atoms with Gasteiger partial charge in [0, 0.05) is 23.7 Å². The molecule has 0 atom stereocenters. The third-order valence-electron chi connectivity index (χ3n) is 3.35. The van der Waals surface area contributed by atoms with Crippen LogP contribution in [0.4, 0.5) is 11.8 Å². The maximum absolute atomic E-state index is 9.47. The SMILES string of the molecule is CCC(CC)(CO)CNc1cc(C)nc(N)n1. The van der Waals surface area contributed by atoms with Gasteiger partial charge in [-0.3, -0.25) is 0 Å². The van der Waals surface area contributed by atoms with E-state index >= 15 is 0 Å². The number of aliphatic hydroxyl groups excluding tert-OH is 1. The van der Waals surface area contributed by atoms with E-state index in [-0.39, 0.29) is 18.0 Å². The minimum absolute atomic E-state index is 0.0897. The molecule has 17 heavy (non-hydrogen) atoms. The van der Waals surface area contributed by atoms with Crippen molar-refractivity contribution in [2.75, 3.05) is 24.2 Å². The summed E-state index contributed by atoms with van der Waals surface area (Å²) in [5, 5.41) is 12.7. The van der Waals surface area contributed by atoms with Crippen molar-refractivity contribution in [3.63, 3.8) is 0 Å². The second-order valence-electron chi connectivity index (χ2n) is 4.47. The number of aliphatic hydroxyl groups is 1. The maximum Gasteiger partial charge on any atom is 0.222 e. The van der Waals surface area contributed by atoms with Crippen LogP contribution in [0.3, 0.4) is 0 Å². The van der Waals surface area contributed by atoms with Crippen LogP contribution in [0.2, 0.25) is 0 Å². The summed E-state index contributed by atoms with van der Waals surface area (Å²) in [5.41, 5.74) is 6.33. The number of aryl methyl sites for hydroxylation is 1. The summed E-state index contributed by atoms with van der Waals surface area (Å²) in [5.74, 6) is 0.991. The highest BCUT2D eigenvalue weighted by molar-refractivity contribution is 5.40. The van der Waals surface area contributed by atoms with Crippen LogP contribution in [-0.4, -0.2) is 28.2 Å². The lowest BCUT2D eigenvalue weighted by Crippen LogP contribution is -2.32. The number of hydrogen-bond donors (Lipinski definition) is 3. The van der Waals surface area contributed by atoms with Crippen molar-refractivity contribution in [1.29, 1.82) is 0 Å². The Morgan fingerprint density at radius 1 is 1.35 bits per heavy atom. The Kier molecular flexibility index (Phi) is 4.69. The molecule has 5 nitrogen and oxygen atoms in total. The predicted octanol–water partition coefficient (Wildman–Crippen LogP) is 1.58. The van der Waals surface area contributed by atoms with E-state index < -0.39 is 0 Å². The van der Waals surface area contributed by atoms with Gasteiger partial charge in [-0.25, -0.2) is 4.98 Å². The van der Waals surface area contributed by atoms with Crippen molar-refractivity contribution in [2.45, 2.75) is 33.6 Å². The molecule has 0 bridgehead atoms. The Morgan fingerprint density at radius 2 is 2.00 bits per heavy atom. The van der Waals surface area contributed by atoms with E-state index in [2.05, 4.69) is 29.1 Å². The van der Waals surface area contributed by atoms with Crippen molar-refractivity contribution in [1.82, 2.24) is 9.97 Å². The van der Waals surface area contributed by atoms with Crippen LogP contribution in [0.15, 0.2) is 6.07 Å². The van der Waals surface area contributed by atoms with E-state index in [0.29, 0.717) is 6.54 Å². The van der Waals surface area contributed by atoms with Crippen molar-refractivity contribution in [2.24, 2.45) is 5.41 Å². The highest BCUT2D eigenvalue weighted by Gasteiger charge is 2.25. The van der Waals surface area contributed by atoms with E-state index in [0.717, 1.165) is 24.4 Å². The molecule has 0 aliphatic carbocycles. The second-order valence-corrected chi connectivity index (χ2v) is 4.47. The van der Waals surface area contributed by atoms with Gasteiger partial charge in [-0.05, 0) is 19.8 Å². The Hall–Kier alpha value is -1.36. The van der Waals surface area contributed by atoms with Gasteiger partial charge in [0.25, 0.3) is 0 Å². The first kappa shape index (κ1) is 13.7. The van der Waals surface area contributed by atoms with Gasteiger partial charge in [-0.15, -0.1) is 0 Å². The summed E-state index contributed by atoms with van der Waals surface area (Å²) < 4.78 is 0. The van der Waals surface area contributed by atoms with E-state index in [1.807, 2.05) is 13.0 Å². The third-order valence-corrected chi connectivity index (χ3v) is 3.35. The first-order chi connectivity index (χ1) is 8.05. The zero-order valence-electron chi connectivity index (χ0n) is 10.8. The van der Waals surface area contributed by atoms with Crippen LogP contribution < -0.4 is 11.1 Å². The Morgan fingerprint density at radius 3 is 2.47 bits per heavy atom. The number of nitrogens with zero attached hydrogens (tertiary/aromatic N) is 2. The normalized spacial score (nSPS) is 11.5. The maximum atomic E-state index is 9.47. The number of hydrogen-bond acceptors (Lipinski definition) is 5. The first-order valence-corrected chi connectivity index (χ1v) is 6.01. The Bertz CT molecular complexity index is 335. The Balaban J connectivity index is 2.71. The molecule has 1 rings (SSSR count). The molecule has 0 aliphatic rings. The van der Waals surface area contributed by atoms with E-state index in [1.165, 1.54) is 0 Å². The highest BCUT2D eigenvalue weighted by atomic mass is 16.3. The lowest BCUT2D eigenvalue weighted by atomic mass is 9.83. The number of aromatic nitrogens is 2. The second kappa shape index (κ2) is 5.82. The fraction of sp³-hybridized carbons (Fsp3) is 0.667. The van der Waals surface area contributed by atoms with E-state index in [9.17, 15) is 5.11 Å². The summed E-state index contributed by atoms with van der Waals surface area (Å²) in [7, 11) is 0. The molecule has 1 heterocycles. The quantitative estimate of drug-likeness (QED) is 0.700. The molecule has 1 aromatic heterocycles. The minimum atomic E-state index is -0.0897. The lowest BCUT2D eigenvalue weighted by Gasteiger charge is -2.29. The van der Waals surface area contributed by atoms with Gasteiger partial charge in [0.2, 0.25) is 5.95 Å². The fourth-order valence-corrected chi connectivity index (χ4v) is 1.74. The van der Waals surface area contributed by atoms with Crippen molar-refractivity contribution < 1.29 is 5.11 Å². The van der Waals surface area contributed by atoms with Gasteiger partial charge in [-0.2, -0.15) is 4.98 Å². The smallest absolute Gasteiger partial charge is 0.222 e. The van der Waals surface area contributed by atoms with Crippen LogP contribution >= 0.6 is 0 Å². The number of nitrogens with one attached hydrogen (secondary N) is 1. The molecule has 0 amide bonds. The van der Waals surface area contributed by atoms with Crippen LogP contribution in [-0.2, 0) is 0 Å². The van der Waals surface area contributed by atoms with Crippen LogP contribution in [0.25, 0.3) is 0 Å². The summed E-state index contributed by atoms with van der Waals surface area (Å²) >= 11 is 0. The number of nitrogen functional groups attached to an aromatic ring is 1. The fourth-order valence-electron chi connectivity index (χ4n) is 1.74. The third kappa shape index (κ3) is 3.56. The van der Waals surface area contributed by atoms with Gasteiger partial charge in [0.05, 0.1) is 6.61 Å². The summed E-state index contributed by atoms with van der Waals surface area (Å²) in [6.45, 7) is 6.91. The molecule has 0 aromatic carbocycles. The highest BCUT2D eigenvalue weighted by Crippen LogP contribution is 2.25. The molecule has 5 heteroatoms. The molecule has 1 aromatic rings. The number of anilines is 2. The van der Waals surface area contributed by atoms with Gasteiger partial charge in [0.15, 0.2) is 0 Å². The summed E-state index contributed by atoms with van der Waals surface area (Å²) in [4.78, 5) is 8.13. The van der Waals surface area contributed by atoms with Crippen molar-refractivity contribution in [3.8, 4) is 0 Å². The zero-order chi connectivity index (χ0) is 12.9. The molecule has 4 N–H and O–H groups in total. The average molecular weight is 238 g/mol. The van der Waals surface area contributed by atoms with Gasteiger partial charge < -0.3 is 16.2 Å². The molecule has 0 spiro atoms. The van der Waals surface area contributed by atoms with Gasteiger partial charge in [0.1, 0.15) is 5.82 Å². The zero-order valence-corrected chi connectivity index (χ0v) is 10.8. The molecule has 0 fully saturated rings. The van der Waals surface area contributed by atoms with E-state index in [4.69, 9.17) is 5.73 Å². The number of nitrogens with two attached hydrogens (primary N) is 1. The van der Waals surface area contributed by atoms with E-state index in [1.54, 1.807) is 0 Å². The standard InChI is InChI=1S/C12H22N4O/c1-4-12(5-2,8-17)7-14-10-6-9(3)15-11(13)16-10/h6,17H,4-5,7-8H2,1-3H3,(H3,13,14,15,16). The monoisotopic (exact) mass is 238 g/mol. The van der Waals surface area contributed by atoms with Gasteiger partial charge >= 0.3 is 0 Å². The van der Waals surface area contributed by atoms with Crippen molar-refractivity contribution >= 4 is 11.8 Å². The van der Waals surface area contributed by atoms with Gasteiger partial charge in [-0.1, -0.05) is 13.8 Å². The molecular formula is C12H22N4O. The topological polar surface area (TPSA) is 84.1 Å². The molecule has 0 aliphatic heterocycles. The Labute approximate surface area is 102 Å². The molecule has 0 saturated heterocycles. The van der Waals surface area contributed by atoms with Crippen LogP contribution in [0.1, 0.15) is 32.4 Å². The summed E-state index contributed by atoms with van der Waals surface area (Å²) in [6, 6.07) is 1.85.